The largest absolute Gasteiger partial charge is 0.348 e. The molecule has 0 fully saturated rings. The standard InChI is InChI=1S/C13H13ClIN3O/c1-8-9(7-18(2)17-8)6-16-13(19)11-5-10(14)3-4-12(11)15/h3-5,7H,6H2,1-2H3,(H,16,19). The van der Waals surface area contributed by atoms with E-state index in [-0.39, 0.29) is 5.91 Å². The summed E-state index contributed by atoms with van der Waals surface area (Å²) >= 11 is 8.03. The molecule has 0 radical (unpaired) electrons. The Balaban J connectivity index is 2.09. The van der Waals surface area contributed by atoms with E-state index in [2.05, 4.69) is 33.0 Å². The van der Waals surface area contributed by atoms with Crippen molar-refractivity contribution in [3.63, 3.8) is 0 Å². The van der Waals surface area contributed by atoms with Crippen molar-refractivity contribution < 1.29 is 4.79 Å². The van der Waals surface area contributed by atoms with E-state index in [1.165, 1.54) is 0 Å². The van der Waals surface area contributed by atoms with Gasteiger partial charge in [-0.15, -0.1) is 0 Å². The molecule has 1 amide bonds. The molecule has 0 atom stereocenters. The fourth-order valence-corrected chi connectivity index (χ4v) is 2.52. The van der Waals surface area contributed by atoms with E-state index in [1.807, 2.05) is 26.2 Å². The number of nitrogens with zero attached hydrogens (tertiary/aromatic N) is 2. The number of halogens is 2. The Hall–Kier alpha value is -1.08. The third-order valence-corrected chi connectivity index (χ3v) is 3.90. The molecule has 2 aromatic rings. The van der Waals surface area contributed by atoms with Gasteiger partial charge in [0, 0.05) is 33.9 Å². The van der Waals surface area contributed by atoms with Crippen LogP contribution in [0.25, 0.3) is 0 Å². The van der Waals surface area contributed by atoms with E-state index < -0.39 is 0 Å². The van der Waals surface area contributed by atoms with E-state index in [0.29, 0.717) is 17.1 Å². The van der Waals surface area contributed by atoms with Gasteiger partial charge >= 0.3 is 0 Å². The van der Waals surface area contributed by atoms with Gasteiger partial charge in [0.2, 0.25) is 0 Å². The zero-order chi connectivity index (χ0) is 14.0. The van der Waals surface area contributed by atoms with Crippen molar-refractivity contribution in [2.75, 3.05) is 0 Å². The predicted molar refractivity (Wildman–Crippen MR) is 83.3 cm³/mol. The highest BCUT2D eigenvalue weighted by Crippen LogP contribution is 2.18. The Morgan fingerprint density at radius 2 is 2.26 bits per heavy atom. The first-order chi connectivity index (χ1) is 8.97. The number of carbonyl (C=O) groups is 1. The second kappa shape index (κ2) is 5.92. The molecule has 1 N–H and O–H groups in total. The summed E-state index contributed by atoms with van der Waals surface area (Å²) in [6.07, 6.45) is 1.90. The number of aryl methyl sites for hydroxylation is 2. The molecule has 100 valence electrons. The van der Waals surface area contributed by atoms with Crippen molar-refractivity contribution in [1.82, 2.24) is 15.1 Å². The van der Waals surface area contributed by atoms with Gasteiger partial charge < -0.3 is 5.32 Å². The first kappa shape index (κ1) is 14.3. The van der Waals surface area contributed by atoms with Gasteiger partial charge in [-0.3, -0.25) is 9.48 Å². The minimum Gasteiger partial charge on any atom is -0.348 e. The summed E-state index contributed by atoms with van der Waals surface area (Å²) in [4.78, 5) is 12.1. The van der Waals surface area contributed by atoms with Crippen LogP contribution in [0.5, 0.6) is 0 Å². The molecule has 0 bridgehead atoms. The van der Waals surface area contributed by atoms with Crippen molar-refractivity contribution in [2.24, 2.45) is 7.05 Å². The summed E-state index contributed by atoms with van der Waals surface area (Å²) in [6, 6.07) is 5.27. The molecule has 1 aromatic carbocycles. The topological polar surface area (TPSA) is 46.9 Å². The number of benzene rings is 1. The van der Waals surface area contributed by atoms with Crippen molar-refractivity contribution in [3.8, 4) is 0 Å². The number of aromatic nitrogens is 2. The highest BCUT2D eigenvalue weighted by Gasteiger charge is 2.11. The second-order valence-electron chi connectivity index (χ2n) is 4.22. The summed E-state index contributed by atoms with van der Waals surface area (Å²) in [5, 5.41) is 7.68. The van der Waals surface area contributed by atoms with Crippen LogP contribution in [0.4, 0.5) is 0 Å². The number of hydrogen-bond donors (Lipinski definition) is 1. The Labute approximate surface area is 130 Å². The molecule has 0 aliphatic carbocycles. The van der Waals surface area contributed by atoms with Gasteiger partial charge in [0.1, 0.15) is 0 Å². The lowest BCUT2D eigenvalue weighted by Gasteiger charge is -2.06. The number of hydrogen-bond acceptors (Lipinski definition) is 2. The maximum atomic E-state index is 12.1. The summed E-state index contributed by atoms with van der Waals surface area (Å²) in [7, 11) is 1.86. The summed E-state index contributed by atoms with van der Waals surface area (Å²) in [6.45, 7) is 2.38. The third-order valence-electron chi connectivity index (χ3n) is 2.73. The van der Waals surface area contributed by atoms with Gasteiger partial charge in [-0.2, -0.15) is 5.10 Å². The normalized spacial score (nSPS) is 10.5. The number of nitrogens with one attached hydrogen (secondary N) is 1. The zero-order valence-corrected chi connectivity index (χ0v) is 13.5. The Bertz CT molecular complexity index is 624. The van der Waals surface area contributed by atoms with Crippen LogP contribution in [-0.4, -0.2) is 15.7 Å². The summed E-state index contributed by atoms with van der Waals surface area (Å²) in [5.41, 5.74) is 2.52. The second-order valence-corrected chi connectivity index (χ2v) is 5.82. The van der Waals surface area contributed by atoms with Gasteiger partial charge in [-0.25, -0.2) is 0 Å². The van der Waals surface area contributed by atoms with Crippen LogP contribution in [0.3, 0.4) is 0 Å². The lowest BCUT2D eigenvalue weighted by molar-refractivity contribution is 0.0950. The smallest absolute Gasteiger partial charge is 0.252 e. The molecule has 0 unspecified atom stereocenters. The SMILES string of the molecule is Cc1nn(C)cc1CNC(=O)c1cc(Cl)ccc1I. The van der Waals surface area contributed by atoms with Crippen molar-refractivity contribution >= 4 is 40.1 Å². The minimum absolute atomic E-state index is 0.129. The summed E-state index contributed by atoms with van der Waals surface area (Å²) < 4.78 is 2.61. The number of carbonyl (C=O) groups excluding carboxylic acids is 1. The van der Waals surface area contributed by atoms with Crippen LogP contribution < -0.4 is 5.32 Å². The first-order valence-corrected chi connectivity index (χ1v) is 7.15. The molecule has 19 heavy (non-hydrogen) atoms. The van der Waals surface area contributed by atoms with E-state index in [4.69, 9.17) is 11.6 Å². The van der Waals surface area contributed by atoms with Crippen LogP contribution in [0.1, 0.15) is 21.6 Å². The van der Waals surface area contributed by atoms with Gasteiger partial charge in [-0.1, -0.05) is 11.6 Å². The average Bonchev–Trinajstić information content (AvgIpc) is 2.68. The van der Waals surface area contributed by atoms with Crippen molar-refractivity contribution in [1.29, 1.82) is 0 Å². The third kappa shape index (κ3) is 3.48. The maximum Gasteiger partial charge on any atom is 0.252 e. The van der Waals surface area contributed by atoms with Crippen LogP contribution in [-0.2, 0) is 13.6 Å². The van der Waals surface area contributed by atoms with Gasteiger partial charge in [0.05, 0.1) is 11.3 Å². The van der Waals surface area contributed by atoms with Gasteiger partial charge in [0.15, 0.2) is 0 Å². The zero-order valence-electron chi connectivity index (χ0n) is 10.6. The quantitative estimate of drug-likeness (QED) is 0.821. The van der Waals surface area contributed by atoms with E-state index >= 15 is 0 Å². The van der Waals surface area contributed by atoms with Crippen LogP contribution in [0.2, 0.25) is 5.02 Å². The fraction of sp³-hybridized carbons (Fsp3) is 0.231. The Morgan fingerprint density at radius 3 is 2.89 bits per heavy atom. The van der Waals surface area contributed by atoms with Gasteiger partial charge in [-0.05, 0) is 47.7 Å². The predicted octanol–water partition coefficient (Wildman–Crippen LogP) is 2.92. The van der Waals surface area contributed by atoms with Crippen LogP contribution in [0.15, 0.2) is 24.4 Å². The lowest BCUT2D eigenvalue weighted by atomic mass is 10.2. The highest BCUT2D eigenvalue weighted by molar-refractivity contribution is 14.1. The molecule has 0 saturated carbocycles. The average molecular weight is 390 g/mol. The fourth-order valence-electron chi connectivity index (χ4n) is 1.76. The molecule has 6 heteroatoms. The highest BCUT2D eigenvalue weighted by atomic mass is 127. The molecule has 0 aliphatic rings. The van der Waals surface area contributed by atoms with E-state index in [1.54, 1.807) is 16.8 Å². The van der Waals surface area contributed by atoms with E-state index in [0.717, 1.165) is 14.8 Å². The molecule has 2 rings (SSSR count). The molecule has 4 nitrogen and oxygen atoms in total. The Kier molecular flexibility index (Phi) is 4.46. The molecular formula is C13H13ClIN3O. The molecule has 0 aliphatic heterocycles. The van der Waals surface area contributed by atoms with Crippen LogP contribution in [0, 0.1) is 10.5 Å². The van der Waals surface area contributed by atoms with Crippen molar-refractivity contribution in [3.05, 3.63) is 49.8 Å². The van der Waals surface area contributed by atoms with Crippen molar-refractivity contribution in [2.45, 2.75) is 13.5 Å². The number of amides is 1. The molecular weight excluding hydrogens is 377 g/mol. The lowest BCUT2D eigenvalue weighted by Crippen LogP contribution is -2.23. The molecule has 1 aromatic heterocycles. The summed E-state index contributed by atoms with van der Waals surface area (Å²) in [5.74, 6) is -0.129. The first-order valence-electron chi connectivity index (χ1n) is 5.69. The monoisotopic (exact) mass is 389 g/mol. The number of rotatable bonds is 3. The molecule has 1 heterocycles. The Morgan fingerprint density at radius 1 is 1.53 bits per heavy atom. The molecule has 0 spiro atoms. The van der Waals surface area contributed by atoms with E-state index in [9.17, 15) is 4.79 Å². The minimum atomic E-state index is -0.129. The van der Waals surface area contributed by atoms with Gasteiger partial charge in [0.25, 0.3) is 5.91 Å². The maximum absolute atomic E-state index is 12.1. The van der Waals surface area contributed by atoms with Crippen LogP contribution >= 0.6 is 34.2 Å². The molecule has 0 saturated heterocycles.